The minimum atomic E-state index is -0.655. The number of anilines is 2. The molecular formula is C27H26N6O4. The van der Waals surface area contributed by atoms with Crippen LogP contribution in [0, 0.1) is 0 Å². The van der Waals surface area contributed by atoms with Gasteiger partial charge in [-0.05, 0) is 61.5 Å². The second kappa shape index (κ2) is 10.0. The molecule has 5 rings (SSSR count). The van der Waals surface area contributed by atoms with Crippen LogP contribution in [-0.2, 0) is 4.79 Å². The number of carbonyl (C=O) groups excluding carboxylic acids is 1. The molecule has 4 aromatic rings. The number of nitrogens with one attached hydrogen (secondary N) is 2. The zero-order valence-corrected chi connectivity index (χ0v) is 20.9. The SMILES string of the molecule is COc1ccc(-c2nc3n(n2)[C@H](c2cc(OC)ccc2OC)C(C(=O)Nc2cccnc2)=C(C)N3)cc1. The number of aromatic nitrogens is 4. The Kier molecular flexibility index (Phi) is 6.46. The molecule has 0 aliphatic carbocycles. The Morgan fingerprint density at radius 2 is 1.76 bits per heavy atom. The van der Waals surface area contributed by atoms with Crippen LogP contribution in [0.4, 0.5) is 11.6 Å². The third kappa shape index (κ3) is 4.56. The van der Waals surface area contributed by atoms with E-state index in [0.29, 0.717) is 45.8 Å². The lowest BCUT2D eigenvalue weighted by Crippen LogP contribution is -2.31. The predicted molar refractivity (Wildman–Crippen MR) is 139 cm³/mol. The van der Waals surface area contributed by atoms with Gasteiger partial charge in [0, 0.05) is 23.0 Å². The minimum absolute atomic E-state index is 0.306. The molecule has 2 aromatic heterocycles. The molecule has 0 radical (unpaired) electrons. The van der Waals surface area contributed by atoms with Gasteiger partial charge < -0.3 is 24.8 Å². The molecule has 3 heterocycles. The quantitative estimate of drug-likeness (QED) is 0.388. The third-order valence-corrected chi connectivity index (χ3v) is 6.10. The fourth-order valence-electron chi connectivity index (χ4n) is 4.28. The van der Waals surface area contributed by atoms with E-state index in [-0.39, 0.29) is 5.91 Å². The van der Waals surface area contributed by atoms with Gasteiger partial charge in [-0.3, -0.25) is 9.78 Å². The van der Waals surface area contributed by atoms with Crippen molar-refractivity contribution in [3.63, 3.8) is 0 Å². The van der Waals surface area contributed by atoms with E-state index in [4.69, 9.17) is 24.3 Å². The standard InChI is InChI=1S/C27H26N6O4/c1-16-23(26(34)30-18-6-5-13-28-15-18)24(21-14-20(36-3)11-12-22(21)37-4)33-27(29-16)31-25(32-33)17-7-9-19(35-2)10-8-17/h5-15,24H,1-4H3,(H,30,34)(H,29,31,32)/t24-/m1/s1. The van der Waals surface area contributed by atoms with Gasteiger partial charge in [-0.1, -0.05) is 0 Å². The lowest BCUT2D eigenvalue weighted by molar-refractivity contribution is -0.113. The summed E-state index contributed by atoms with van der Waals surface area (Å²) < 4.78 is 18.2. The Morgan fingerprint density at radius 3 is 2.43 bits per heavy atom. The summed E-state index contributed by atoms with van der Waals surface area (Å²) in [7, 11) is 4.79. The van der Waals surface area contributed by atoms with Gasteiger partial charge >= 0.3 is 0 Å². The first kappa shape index (κ1) is 23.9. The molecule has 0 saturated heterocycles. The molecule has 10 heteroatoms. The van der Waals surface area contributed by atoms with Crippen LogP contribution < -0.4 is 24.8 Å². The van der Waals surface area contributed by atoms with Crippen LogP contribution in [0.15, 0.2) is 78.3 Å². The number of allylic oxidation sites excluding steroid dienone is 1. The van der Waals surface area contributed by atoms with Gasteiger partial charge in [0.1, 0.15) is 23.3 Å². The second-order valence-electron chi connectivity index (χ2n) is 8.30. The summed E-state index contributed by atoms with van der Waals surface area (Å²) in [5.74, 6) is 2.63. The average Bonchev–Trinajstić information content (AvgIpc) is 3.36. The van der Waals surface area contributed by atoms with Crippen LogP contribution in [0.5, 0.6) is 17.2 Å². The lowest BCUT2D eigenvalue weighted by Gasteiger charge is -2.29. The first-order valence-corrected chi connectivity index (χ1v) is 11.5. The maximum atomic E-state index is 13.7. The topological polar surface area (TPSA) is 112 Å². The summed E-state index contributed by atoms with van der Waals surface area (Å²) in [5, 5.41) is 11.0. The number of nitrogens with zero attached hydrogens (tertiary/aromatic N) is 4. The van der Waals surface area contributed by atoms with Gasteiger partial charge in [-0.15, -0.1) is 5.10 Å². The molecule has 188 valence electrons. The number of methoxy groups -OCH3 is 3. The van der Waals surface area contributed by atoms with Crippen LogP contribution in [0.1, 0.15) is 18.5 Å². The summed E-state index contributed by atoms with van der Waals surface area (Å²) in [6, 6.07) is 15.8. The molecule has 1 atom stereocenters. The molecule has 2 N–H and O–H groups in total. The van der Waals surface area contributed by atoms with E-state index in [1.54, 1.807) is 56.6 Å². The van der Waals surface area contributed by atoms with E-state index < -0.39 is 6.04 Å². The van der Waals surface area contributed by atoms with Gasteiger partial charge in [0.2, 0.25) is 5.95 Å². The maximum Gasteiger partial charge on any atom is 0.255 e. The van der Waals surface area contributed by atoms with Gasteiger partial charge in [0.05, 0.1) is 38.8 Å². The maximum absolute atomic E-state index is 13.7. The van der Waals surface area contributed by atoms with E-state index in [0.717, 1.165) is 11.3 Å². The fourth-order valence-corrected chi connectivity index (χ4v) is 4.28. The van der Waals surface area contributed by atoms with Crippen molar-refractivity contribution in [2.75, 3.05) is 32.0 Å². The van der Waals surface area contributed by atoms with Crippen LogP contribution in [-0.4, -0.2) is 47.0 Å². The molecule has 1 aliphatic heterocycles. The van der Waals surface area contributed by atoms with Gasteiger partial charge in [-0.2, -0.15) is 4.98 Å². The number of amides is 1. The average molecular weight is 499 g/mol. The van der Waals surface area contributed by atoms with E-state index in [1.165, 1.54) is 0 Å². The highest BCUT2D eigenvalue weighted by Crippen LogP contribution is 2.41. The predicted octanol–water partition coefficient (Wildman–Crippen LogP) is 4.29. The Morgan fingerprint density at radius 1 is 1.00 bits per heavy atom. The summed E-state index contributed by atoms with van der Waals surface area (Å²) in [6.07, 6.45) is 3.24. The molecule has 0 spiro atoms. The summed E-state index contributed by atoms with van der Waals surface area (Å²) in [6.45, 7) is 1.84. The normalized spacial score (nSPS) is 14.4. The molecule has 1 aliphatic rings. The number of hydrogen-bond acceptors (Lipinski definition) is 8. The van der Waals surface area contributed by atoms with Gasteiger partial charge in [-0.25, -0.2) is 4.68 Å². The summed E-state index contributed by atoms with van der Waals surface area (Å²) >= 11 is 0. The van der Waals surface area contributed by atoms with Crippen molar-refractivity contribution >= 4 is 17.5 Å². The fraction of sp³-hybridized carbons (Fsp3) is 0.185. The van der Waals surface area contributed by atoms with Crippen molar-refractivity contribution in [3.8, 4) is 28.6 Å². The summed E-state index contributed by atoms with van der Waals surface area (Å²) in [5.41, 5.74) is 3.17. The monoisotopic (exact) mass is 498 g/mol. The third-order valence-electron chi connectivity index (χ3n) is 6.10. The highest BCUT2D eigenvalue weighted by Gasteiger charge is 2.36. The number of carbonyl (C=O) groups is 1. The Balaban J connectivity index is 1.65. The van der Waals surface area contributed by atoms with Gasteiger partial charge in [0.25, 0.3) is 5.91 Å². The number of rotatable bonds is 7. The zero-order valence-electron chi connectivity index (χ0n) is 20.9. The van der Waals surface area contributed by atoms with E-state index in [2.05, 4.69) is 15.6 Å². The number of ether oxygens (including phenoxy) is 3. The molecule has 0 bridgehead atoms. The van der Waals surface area contributed by atoms with Crippen molar-refractivity contribution in [2.45, 2.75) is 13.0 Å². The number of pyridine rings is 1. The van der Waals surface area contributed by atoms with Crippen LogP contribution in [0.2, 0.25) is 0 Å². The Bertz CT molecular complexity index is 1460. The number of fused-ring (bicyclic) bond motifs is 1. The first-order chi connectivity index (χ1) is 18.0. The van der Waals surface area contributed by atoms with Gasteiger partial charge in [0.15, 0.2) is 5.82 Å². The molecule has 2 aromatic carbocycles. The molecule has 37 heavy (non-hydrogen) atoms. The first-order valence-electron chi connectivity index (χ1n) is 11.5. The molecule has 1 amide bonds. The van der Waals surface area contributed by atoms with Crippen LogP contribution in [0.3, 0.4) is 0 Å². The Labute approximate surface area is 213 Å². The smallest absolute Gasteiger partial charge is 0.255 e. The van der Waals surface area contributed by atoms with E-state index in [1.807, 2.05) is 43.3 Å². The Hall–Kier alpha value is -4.86. The molecule has 0 unspecified atom stereocenters. The minimum Gasteiger partial charge on any atom is -0.497 e. The molecule has 10 nitrogen and oxygen atoms in total. The molecular weight excluding hydrogens is 472 g/mol. The second-order valence-corrected chi connectivity index (χ2v) is 8.30. The zero-order chi connectivity index (χ0) is 25.9. The van der Waals surface area contributed by atoms with Crippen molar-refractivity contribution in [3.05, 3.63) is 83.8 Å². The number of benzene rings is 2. The van der Waals surface area contributed by atoms with Crippen molar-refractivity contribution in [1.29, 1.82) is 0 Å². The van der Waals surface area contributed by atoms with Crippen molar-refractivity contribution in [1.82, 2.24) is 19.7 Å². The van der Waals surface area contributed by atoms with Crippen molar-refractivity contribution in [2.24, 2.45) is 0 Å². The highest BCUT2D eigenvalue weighted by atomic mass is 16.5. The van der Waals surface area contributed by atoms with E-state index in [9.17, 15) is 4.79 Å². The highest BCUT2D eigenvalue weighted by molar-refractivity contribution is 6.06. The lowest BCUT2D eigenvalue weighted by atomic mass is 9.94. The summed E-state index contributed by atoms with van der Waals surface area (Å²) in [4.78, 5) is 22.5. The molecule has 0 fully saturated rings. The molecule has 0 saturated carbocycles. The largest absolute Gasteiger partial charge is 0.497 e. The van der Waals surface area contributed by atoms with Crippen LogP contribution >= 0.6 is 0 Å². The number of hydrogen-bond donors (Lipinski definition) is 2. The van der Waals surface area contributed by atoms with Crippen molar-refractivity contribution < 1.29 is 19.0 Å². The van der Waals surface area contributed by atoms with E-state index >= 15 is 0 Å². The van der Waals surface area contributed by atoms with Crippen LogP contribution in [0.25, 0.3) is 11.4 Å².